The molecule has 21 heavy (non-hydrogen) atoms. The molecule has 0 bridgehead atoms. The van der Waals surface area contributed by atoms with Crippen molar-refractivity contribution in [2.75, 3.05) is 0 Å². The summed E-state index contributed by atoms with van der Waals surface area (Å²) in [6.07, 6.45) is 3.37. The number of nitrogens with zero attached hydrogens (tertiary/aromatic N) is 1. The number of halogens is 2. The number of hydrazine groups is 1. The lowest BCUT2D eigenvalue weighted by Crippen LogP contribution is -2.29. The maximum atomic E-state index is 13.7. The van der Waals surface area contributed by atoms with Gasteiger partial charge in [-0.1, -0.05) is 6.07 Å². The van der Waals surface area contributed by atoms with Gasteiger partial charge in [-0.05, 0) is 59.1 Å². The van der Waals surface area contributed by atoms with Crippen molar-refractivity contribution in [3.63, 3.8) is 0 Å². The summed E-state index contributed by atoms with van der Waals surface area (Å²) < 4.78 is 19.7. The normalized spacial score (nSPS) is 12.5. The molecule has 1 heterocycles. The predicted octanol–water partition coefficient (Wildman–Crippen LogP) is 3.32. The highest BCUT2D eigenvalue weighted by Gasteiger charge is 2.15. The van der Waals surface area contributed by atoms with Crippen LogP contribution in [0.15, 0.2) is 41.1 Å². The van der Waals surface area contributed by atoms with Crippen LogP contribution in [0.5, 0.6) is 5.75 Å². The van der Waals surface area contributed by atoms with Gasteiger partial charge in [-0.3, -0.25) is 10.8 Å². The summed E-state index contributed by atoms with van der Waals surface area (Å²) in [7, 11) is 0. The highest BCUT2D eigenvalue weighted by molar-refractivity contribution is 9.10. The first kappa shape index (κ1) is 15.9. The van der Waals surface area contributed by atoms with Crippen LogP contribution in [-0.2, 0) is 0 Å². The van der Waals surface area contributed by atoms with Crippen molar-refractivity contribution in [1.29, 1.82) is 0 Å². The molecule has 1 aromatic carbocycles. The molecule has 1 atom stereocenters. The maximum Gasteiger partial charge on any atom is 0.138 e. The molecule has 112 valence electrons. The molecule has 0 saturated heterocycles. The first-order chi connectivity index (χ1) is 10.0. The van der Waals surface area contributed by atoms with Crippen molar-refractivity contribution >= 4 is 15.9 Å². The molecule has 0 radical (unpaired) electrons. The van der Waals surface area contributed by atoms with E-state index < -0.39 is 0 Å². The second-order valence-electron chi connectivity index (χ2n) is 4.89. The molecule has 0 saturated carbocycles. The van der Waals surface area contributed by atoms with E-state index in [9.17, 15) is 4.39 Å². The van der Waals surface area contributed by atoms with E-state index in [1.54, 1.807) is 24.5 Å². The third-order valence-electron chi connectivity index (χ3n) is 2.88. The molecule has 0 fully saturated rings. The molecule has 0 amide bonds. The topological polar surface area (TPSA) is 60.2 Å². The molecule has 0 aliphatic rings. The molecule has 3 N–H and O–H groups in total. The molecule has 0 aliphatic carbocycles. The SMILES string of the molecule is CC(C)Oc1cncc(C(NN)c2ccc(Br)c(F)c2)c1. The monoisotopic (exact) mass is 353 g/mol. The van der Waals surface area contributed by atoms with Crippen LogP contribution in [0.25, 0.3) is 0 Å². The summed E-state index contributed by atoms with van der Waals surface area (Å²) >= 11 is 3.14. The third kappa shape index (κ3) is 4.00. The van der Waals surface area contributed by atoms with Crippen molar-refractivity contribution in [3.05, 3.63) is 58.1 Å². The summed E-state index contributed by atoms with van der Waals surface area (Å²) in [6, 6.07) is 6.36. The summed E-state index contributed by atoms with van der Waals surface area (Å²) in [5.41, 5.74) is 4.20. The molecule has 4 nitrogen and oxygen atoms in total. The average Bonchev–Trinajstić information content (AvgIpc) is 2.43. The van der Waals surface area contributed by atoms with Gasteiger partial charge in [0.1, 0.15) is 11.6 Å². The lowest BCUT2D eigenvalue weighted by atomic mass is 10.0. The number of aromatic nitrogens is 1. The van der Waals surface area contributed by atoms with E-state index in [1.165, 1.54) is 6.07 Å². The van der Waals surface area contributed by atoms with Crippen LogP contribution in [0.2, 0.25) is 0 Å². The van der Waals surface area contributed by atoms with E-state index in [2.05, 4.69) is 26.3 Å². The van der Waals surface area contributed by atoms with Crippen molar-refractivity contribution in [2.24, 2.45) is 5.84 Å². The zero-order chi connectivity index (χ0) is 15.4. The first-order valence-electron chi connectivity index (χ1n) is 6.54. The number of hydrogen-bond acceptors (Lipinski definition) is 4. The Balaban J connectivity index is 2.34. The predicted molar refractivity (Wildman–Crippen MR) is 83.3 cm³/mol. The van der Waals surface area contributed by atoms with Gasteiger partial charge in [0.15, 0.2) is 0 Å². The second-order valence-corrected chi connectivity index (χ2v) is 5.75. The van der Waals surface area contributed by atoms with Crippen molar-refractivity contribution in [3.8, 4) is 5.75 Å². The van der Waals surface area contributed by atoms with Gasteiger partial charge in [0, 0.05) is 6.20 Å². The number of nitrogens with one attached hydrogen (secondary N) is 1. The van der Waals surface area contributed by atoms with Gasteiger partial charge < -0.3 is 4.74 Å². The van der Waals surface area contributed by atoms with Crippen LogP contribution < -0.4 is 16.0 Å². The molecule has 0 aliphatic heterocycles. The van der Waals surface area contributed by atoms with Gasteiger partial charge in [0.25, 0.3) is 0 Å². The Bertz CT molecular complexity index is 622. The fourth-order valence-electron chi connectivity index (χ4n) is 2.01. The fourth-order valence-corrected chi connectivity index (χ4v) is 2.25. The Morgan fingerprint density at radius 3 is 2.62 bits per heavy atom. The van der Waals surface area contributed by atoms with Gasteiger partial charge in [0.05, 0.1) is 22.8 Å². The summed E-state index contributed by atoms with van der Waals surface area (Å²) in [6.45, 7) is 3.88. The summed E-state index contributed by atoms with van der Waals surface area (Å²) in [4.78, 5) is 4.15. The summed E-state index contributed by atoms with van der Waals surface area (Å²) in [5, 5.41) is 0. The van der Waals surface area contributed by atoms with Gasteiger partial charge in [-0.25, -0.2) is 9.82 Å². The Labute approximate surface area is 131 Å². The standard InChI is InChI=1S/C15H17BrFN3O/c1-9(2)21-12-5-11(7-19-8-12)15(20-18)10-3-4-13(16)14(17)6-10/h3-9,15,20H,18H2,1-2H3. The van der Waals surface area contributed by atoms with Crippen molar-refractivity contribution in [1.82, 2.24) is 10.4 Å². The van der Waals surface area contributed by atoms with E-state index in [0.717, 1.165) is 5.56 Å². The minimum Gasteiger partial charge on any atom is -0.489 e. The van der Waals surface area contributed by atoms with E-state index >= 15 is 0 Å². The van der Waals surface area contributed by atoms with E-state index in [4.69, 9.17) is 10.6 Å². The van der Waals surface area contributed by atoms with E-state index in [1.807, 2.05) is 19.9 Å². The van der Waals surface area contributed by atoms with Crippen LogP contribution in [0, 0.1) is 5.82 Å². The minimum absolute atomic E-state index is 0.0523. The first-order valence-corrected chi connectivity index (χ1v) is 7.33. The van der Waals surface area contributed by atoms with Gasteiger partial charge in [-0.2, -0.15) is 0 Å². The smallest absolute Gasteiger partial charge is 0.138 e. The highest BCUT2D eigenvalue weighted by Crippen LogP contribution is 2.26. The Hall–Kier alpha value is -1.50. The number of rotatable bonds is 5. The highest BCUT2D eigenvalue weighted by atomic mass is 79.9. The van der Waals surface area contributed by atoms with Crippen molar-refractivity contribution in [2.45, 2.75) is 26.0 Å². The van der Waals surface area contributed by atoms with E-state index in [0.29, 0.717) is 15.8 Å². The molecule has 2 rings (SSSR count). The fraction of sp³-hybridized carbons (Fsp3) is 0.267. The molecular formula is C15H17BrFN3O. The number of pyridine rings is 1. The zero-order valence-corrected chi connectivity index (χ0v) is 13.4. The average molecular weight is 354 g/mol. The third-order valence-corrected chi connectivity index (χ3v) is 3.53. The largest absolute Gasteiger partial charge is 0.489 e. The van der Waals surface area contributed by atoms with Gasteiger partial charge >= 0.3 is 0 Å². The maximum absolute atomic E-state index is 13.7. The minimum atomic E-state index is -0.365. The lowest BCUT2D eigenvalue weighted by molar-refractivity contribution is 0.241. The van der Waals surface area contributed by atoms with Crippen LogP contribution in [-0.4, -0.2) is 11.1 Å². The molecule has 1 aromatic heterocycles. The zero-order valence-electron chi connectivity index (χ0n) is 11.8. The van der Waals surface area contributed by atoms with Crippen LogP contribution in [0.1, 0.15) is 31.0 Å². The molecule has 6 heteroatoms. The van der Waals surface area contributed by atoms with E-state index in [-0.39, 0.29) is 18.0 Å². The van der Waals surface area contributed by atoms with Crippen molar-refractivity contribution < 1.29 is 9.13 Å². The Morgan fingerprint density at radius 2 is 2.00 bits per heavy atom. The van der Waals surface area contributed by atoms with Crippen LogP contribution in [0.4, 0.5) is 4.39 Å². The summed E-state index contributed by atoms with van der Waals surface area (Å²) in [5.74, 6) is 5.94. The second kappa shape index (κ2) is 6.98. The van der Waals surface area contributed by atoms with Gasteiger partial charge in [-0.15, -0.1) is 0 Å². The molecular weight excluding hydrogens is 337 g/mol. The quantitative estimate of drug-likeness (QED) is 0.639. The number of nitrogens with two attached hydrogens (primary N) is 1. The number of ether oxygens (including phenoxy) is 1. The molecule has 1 unspecified atom stereocenters. The van der Waals surface area contributed by atoms with Crippen LogP contribution in [0.3, 0.4) is 0 Å². The van der Waals surface area contributed by atoms with Crippen LogP contribution >= 0.6 is 15.9 Å². The Kier molecular flexibility index (Phi) is 5.27. The molecule has 2 aromatic rings. The molecule has 0 spiro atoms. The number of benzene rings is 1. The van der Waals surface area contributed by atoms with Gasteiger partial charge in [0.2, 0.25) is 0 Å². The Morgan fingerprint density at radius 1 is 1.24 bits per heavy atom. The lowest BCUT2D eigenvalue weighted by Gasteiger charge is -2.18. The number of hydrogen-bond donors (Lipinski definition) is 2.